The van der Waals surface area contributed by atoms with Gasteiger partial charge in [0.15, 0.2) is 0 Å². The summed E-state index contributed by atoms with van der Waals surface area (Å²) in [5, 5.41) is 0. The number of esters is 2. The Morgan fingerprint density at radius 2 is 1.77 bits per heavy atom. The van der Waals surface area contributed by atoms with Gasteiger partial charge < -0.3 is 14.2 Å². The Balaban J connectivity index is 1.30. The minimum atomic E-state index is -0.331. The normalized spacial score (nSPS) is 21.8. The first-order chi connectivity index (χ1) is 14.4. The molecule has 0 amide bonds. The summed E-state index contributed by atoms with van der Waals surface area (Å²) in [6.07, 6.45) is 5.20. The average molecular weight is 406 g/mol. The lowest BCUT2D eigenvalue weighted by atomic mass is 10.1. The van der Waals surface area contributed by atoms with Crippen molar-refractivity contribution < 1.29 is 23.8 Å². The van der Waals surface area contributed by atoms with Crippen LogP contribution < -0.4 is 4.74 Å². The maximum absolute atomic E-state index is 12.6. The minimum Gasteiger partial charge on any atom is -0.461 e. The summed E-state index contributed by atoms with van der Waals surface area (Å²) < 4.78 is 16.6. The molecule has 0 aliphatic heterocycles. The van der Waals surface area contributed by atoms with Crippen molar-refractivity contribution in [3.05, 3.63) is 72.3 Å². The number of hydrogen-bond acceptors (Lipinski definition) is 5. The highest BCUT2D eigenvalue weighted by Gasteiger charge is 2.61. The van der Waals surface area contributed by atoms with Crippen LogP contribution in [0.2, 0.25) is 0 Å². The number of carbonyl (C=O) groups is 2. The molecule has 0 bridgehead atoms. The van der Waals surface area contributed by atoms with Gasteiger partial charge in [-0.25, -0.2) is 4.79 Å². The number of ether oxygens (including phenoxy) is 3. The second-order valence-electron chi connectivity index (χ2n) is 8.49. The zero-order valence-corrected chi connectivity index (χ0v) is 17.2. The molecule has 2 aromatic rings. The fourth-order valence-corrected chi connectivity index (χ4v) is 3.63. The quantitative estimate of drug-likeness (QED) is 0.453. The van der Waals surface area contributed by atoms with Crippen LogP contribution in [-0.2, 0) is 25.7 Å². The summed E-state index contributed by atoms with van der Waals surface area (Å²) in [6, 6.07) is 17.0. The van der Waals surface area contributed by atoms with Gasteiger partial charge in [0.2, 0.25) is 0 Å². The van der Waals surface area contributed by atoms with Gasteiger partial charge in [0, 0.05) is 6.08 Å². The average Bonchev–Trinajstić information content (AvgIpc) is 3.63. The van der Waals surface area contributed by atoms with Crippen molar-refractivity contribution in [1.29, 1.82) is 0 Å². The van der Waals surface area contributed by atoms with Gasteiger partial charge in [-0.3, -0.25) is 4.79 Å². The molecule has 5 nitrogen and oxygen atoms in total. The number of carbonyl (C=O) groups excluding carboxylic acids is 2. The van der Waals surface area contributed by atoms with E-state index in [1.807, 2.05) is 68.4 Å². The minimum absolute atomic E-state index is 0.0236. The van der Waals surface area contributed by atoms with E-state index in [1.165, 1.54) is 6.08 Å². The molecule has 0 N–H and O–H groups in total. The molecule has 0 radical (unpaired) electrons. The third-order valence-corrected chi connectivity index (χ3v) is 5.67. The second kappa shape index (κ2) is 8.34. The van der Waals surface area contributed by atoms with E-state index in [1.54, 1.807) is 6.08 Å². The number of rotatable bonds is 8. The Bertz CT molecular complexity index is 943. The van der Waals surface area contributed by atoms with Crippen molar-refractivity contribution >= 4 is 11.9 Å². The van der Waals surface area contributed by atoms with Gasteiger partial charge in [0.25, 0.3) is 0 Å². The van der Waals surface area contributed by atoms with Crippen LogP contribution >= 0.6 is 0 Å². The summed E-state index contributed by atoms with van der Waals surface area (Å²) in [4.78, 5) is 24.4. The van der Waals surface area contributed by atoms with Gasteiger partial charge in [-0.05, 0) is 54.0 Å². The van der Waals surface area contributed by atoms with E-state index in [-0.39, 0.29) is 41.9 Å². The Labute approximate surface area is 176 Å². The van der Waals surface area contributed by atoms with E-state index in [2.05, 4.69) is 0 Å². The van der Waals surface area contributed by atoms with Gasteiger partial charge in [-0.15, -0.1) is 0 Å². The molecule has 2 saturated carbocycles. The highest BCUT2D eigenvalue weighted by atomic mass is 16.5. The molecule has 0 saturated heterocycles. The van der Waals surface area contributed by atoms with Gasteiger partial charge in [0.1, 0.15) is 24.2 Å². The van der Waals surface area contributed by atoms with E-state index < -0.39 is 0 Å². The molecule has 30 heavy (non-hydrogen) atoms. The largest absolute Gasteiger partial charge is 0.461 e. The van der Waals surface area contributed by atoms with Gasteiger partial charge in [-0.2, -0.15) is 0 Å². The van der Waals surface area contributed by atoms with Gasteiger partial charge in [0.05, 0.1) is 5.92 Å². The number of hydrogen-bond donors (Lipinski definition) is 0. The lowest BCUT2D eigenvalue weighted by molar-refractivity contribution is -0.147. The topological polar surface area (TPSA) is 61.8 Å². The SMILES string of the molecule is CC1(C)[C@H](C(=O)OCc2cccc(Oc3ccccc3)c2)[C@@H]1C=CC(=O)OC1CC1. The smallest absolute Gasteiger partial charge is 0.330 e. The van der Waals surface area contributed by atoms with Crippen LogP contribution in [-0.4, -0.2) is 18.0 Å². The summed E-state index contributed by atoms with van der Waals surface area (Å²) in [5.41, 5.74) is 0.626. The number of benzene rings is 2. The zero-order valence-electron chi connectivity index (χ0n) is 17.2. The Kier molecular flexibility index (Phi) is 5.62. The Morgan fingerprint density at radius 3 is 2.50 bits per heavy atom. The standard InChI is InChI=1S/C25H26O5/c1-25(2)21(13-14-22(26)30-19-11-12-19)23(25)24(27)28-16-17-7-6-10-20(15-17)29-18-8-4-3-5-9-18/h3-10,13-15,19,21,23H,11-12,16H2,1-2H3/t21-,23-/m0/s1. The first kappa shape index (κ1) is 20.2. The second-order valence-corrected chi connectivity index (χ2v) is 8.49. The van der Waals surface area contributed by atoms with E-state index in [9.17, 15) is 9.59 Å². The number of allylic oxidation sites excluding steroid dienone is 1. The van der Waals surface area contributed by atoms with Crippen molar-refractivity contribution in [3.63, 3.8) is 0 Å². The fraction of sp³-hybridized carbons (Fsp3) is 0.360. The maximum atomic E-state index is 12.6. The third-order valence-electron chi connectivity index (χ3n) is 5.67. The summed E-state index contributed by atoms with van der Waals surface area (Å²) >= 11 is 0. The highest BCUT2D eigenvalue weighted by molar-refractivity contribution is 5.83. The van der Waals surface area contributed by atoms with Crippen LogP contribution in [0.15, 0.2) is 66.7 Å². The molecule has 0 aromatic heterocycles. The van der Waals surface area contributed by atoms with Crippen LogP contribution in [0.1, 0.15) is 32.3 Å². The molecule has 2 aromatic carbocycles. The van der Waals surface area contributed by atoms with Crippen molar-refractivity contribution in [2.75, 3.05) is 0 Å². The van der Waals surface area contributed by atoms with Crippen LogP contribution in [0, 0.1) is 17.3 Å². The number of para-hydroxylation sites is 1. The summed E-state index contributed by atoms with van der Waals surface area (Å²) in [7, 11) is 0. The lowest BCUT2D eigenvalue weighted by Gasteiger charge is -2.09. The monoisotopic (exact) mass is 406 g/mol. The van der Waals surface area contributed by atoms with Crippen molar-refractivity contribution in [3.8, 4) is 11.5 Å². The predicted molar refractivity (Wildman–Crippen MR) is 112 cm³/mol. The first-order valence-corrected chi connectivity index (χ1v) is 10.3. The summed E-state index contributed by atoms with van der Waals surface area (Å²) in [5.74, 6) is 0.579. The molecule has 4 rings (SSSR count). The molecular weight excluding hydrogens is 380 g/mol. The Hall–Kier alpha value is -3.08. The highest BCUT2D eigenvalue weighted by Crippen LogP contribution is 2.59. The molecule has 0 unspecified atom stereocenters. The molecule has 156 valence electrons. The fourth-order valence-electron chi connectivity index (χ4n) is 3.63. The molecule has 2 fully saturated rings. The molecular formula is C25H26O5. The Morgan fingerprint density at radius 1 is 1.03 bits per heavy atom. The van der Waals surface area contributed by atoms with Crippen LogP contribution in [0.5, 0.6) is 11.5 Å². The van der Waals surface area contributed by atoms with Gasteiger partial charge in [-0.1, -0.05) is 50.3 Å². The van der Waals surface area contributed by atoms with Crippen molar-refractivity contribution in [2.45, 2.75) is 39.4 Å². The maximum Gasteiger partial charge on any atom is 0.330 e. The van der Waals surface area contributed by atoms with E-state index in [0.29, 0.717) is 5.75 Å². The van der Waals surface area contributed by atoms with Crippen LogP contribution in [0.3, 0.4) is 0 Å². The third kappa shape index (κ3) is 4.90. The lowest BCUT2D eigenvalue weighted by Crippen LogP contribution is -2.10. The molecule has 2 aliphatic carbocycles. The molecule has 2 aliphatic rings. The summed E-state index contributed by atoms with van der Waals surface area (Å²) in [6.45, 7) is 4.19. The van der Waals surface area contributed by atoms with Crippen molar-refractivity contribution in [1.82, 2.24) is 0 Å². The van der Waals surface area contributed by atoms with Gasteiger partial charge >= 0.3 is 11.9 Å². The molecule has 0 spiro atoms. The molecule has 5 heteroatoms. The molecule has 2 atom stereocenters. The van der Waals surface area contributed by atoms with E-state index in [0.717, 1.165) is 24.2 Å². The zero-order chi connectivity index (χ0) is 21.1. The van der Waals surface area contributed by atoms with Crippen LogP contribution in [0.4, 0.5) is 0 Å². The predicted octanol–water partition coefficient (Wildman–Crippen LogP) is 5.06. The molecule has 0 heterocycles. The van der Waals surface area contributed by atoms with E-state index in [4.69, 9.17) is 14.2 Å². The van der Waals surface area contributed by atoms with Crippen molar-refractivity contribution in [2.24, 2.45) is 17.3 Å². The first-order valence-electron chi connectivity index (χ1n) is 10.3. The van der Waals surface area contributed by atoms with E-state index >= 15 is 0 Å². The van der Waals surface area contributed by atoms with Crippen LogP contribution in [0.25, 0.3) is 0 Å².